The molecular formula is C26H22N4O. The second-order valence-electron chi connectivity index (χ2n) is 7.65. The molecule has 0 aliphatic heterocycles. The van der Waals surface area contributed by atoms with E-state index in [0.717, 1.165) is 53.6 Å². The first-order chi connectivity index (χ1) is 15.3. The Morgan fingerprint density at radius 3 is 2.58 bits per heavy atom. The van der Waals surface area contributed by atoms with Crippen molar-refractivity contribution in [1.29, 1.82) is 0 Å². The third-order valence-electron chi connectivity index (χ3n) is 5.62. The number of nitrogens with zero attached hydrogens (tertiary/aromatic N) is 3. The Balaban J connectivity index is 1.52. The molecule has 5 heteroatoms. The number of hydrazone groups is 1. The topological polar surface area (TPSA) is 67.2 Å². The molecule has 2 aromatic heterocycles. The lowest BCUT2D eigenvalue weighted by atomic mass is 10.0. The largest absolute Gasteiger partial charge is 0.272 e. The molecule has 1 aliphatic carbocycles. The molecule has 5 nitrogen and oxygen atoms in total. The van der Waals surface area contributed by atoms with E-state index in [2.05, 4.69) is 33.7 Å². The lowest BCUT2D eigenvalue weighted by Crippen LogP contribution is -2.21. The second-order valence-corrected chi connectivity index (χ2v) is 7.65. The molecule has 5 rings (SSSR count). The summed E-state index contributed by atoms with van der Waals surface area (Å²) in [5.74, 6) is -0.245. The summed E-state index contributed by atoms with van der Waals surface area (Å²) < 4.78 is 0. The van der Waals surface area contributed by atoms with Crippen LogP contribution in [0, 0.1) is 0 Å². The van der Waals surface area contributed by atoms with E-state index in [1.54, 1.807) is 12.3 Å². The molecule has 0 saturated carbocycles. The van der Waals surface area contributed by atoms with Crippen molar-refractivity contribution in [3.05, 3.63) is 95.7 Å². The molecule has 0 unspecified atom stereocenters. The number of pyridine rings is 2. The molecule has 0 radical (unpaired) electrons. The molecule has 0 bridgehead atoms. The fraction of sp³-hybridized carbons (Fsp3) is 0.154. The molecule has 2 heterocycles. The van der Waals surface area contributed by atoms with Gasteiger partial charge in [-0.1, -0.05) is 48.5 Å². The number of hydrogen-bond acceptors (Lipinski definition) is 4. The van der Waals surface area contributed by atoms with Gasteiger partial charge >= 0.3 is 0 Å². The van der Waals surface area contributed by atoms with Crippen molar-refractivity contribution >= 4 is 22.5 Å². The van der Waals surface area contributed by atoms with Gasteiger partial charge in [0.15, 0.2) is 0 Å². The number of aromatic nitrogens is 2. The van der Waals surface area contributed by atoms with E-state index < -0.39 is 0 Å². The summed E-state index contributed by atoms with van der Waals surface area (Å²) in [7, 11) is 0. The molecule has 0 atom stereocenters. The van der Waals surface area contributed by atoms with Gasteiger partial charge in [-0.25, -0.2) is 10.4 Å². The van der Waals surface area contributed by atoms with Crippen molar-refractivity contribution in [3.8, 4) is 11.4 Å². The lowest BCUT2D eigenvalue weighted by molar-refractivity contribution is 0.0956. The van der Waals surface area contributed by atoms with Gasteiger partial charge in [0.2, 0.25) is 0 Å². The van der Waals surface area contributed by atoms with Crippen LogP contribution in [-0.2, 0) is 6.42 Å². The Labute approximate surface area is 180 Å². The van der Waals surface area contributed by atoms with E-state index >= 15 is 0 Å². The highest BCUT2D eigenvalue weighted by Gasteiger charge is 2.16. The molecule has 4 aromatic rings. The number of nitrogens with one attached hydrogen (secondary N) is 1. The zero-order valence-corrected chi connectivity index (χ0v) is 17.1. The van der Waals surface area contributed by atoms with Gasteiger partial charge in [0.25, 0.3) is 5.91 Å². The number of amides is 1. The predicted octanol–water partition coefficient (Wildman–Crippen LogP) is 5.16. The third kappa shape index (κ3) is 3.94. The van der Waals surface area contributed by atoms with E-state index in [0.29, 0.717) is 11.3 Å². The fourth-order valence-corrected chi connectivity index (χ4v) is 4.07. The SMILES string of the molecule is O=C(N/N=C1/CCCCc2ccccc21)c1cc(-c2ccccn2)nc2ccccc12. The van der Waals surface area contributed by atoms with Gasteiger partial charge in [-0.05, 0) is 55.5 Å². The van der Waals surface area contributed by atoms with Crippen LogP contribution in [0.2, 0.25) is 0 Å². The molecule has 1 N–H and O–H groups in total. The Bertz CT molecular complexity index is 1280. The van der Waals surface area contributed by atoms with E-state index in [1.165, 1.54) is 5.56 Å². The molecule has 1 aliphatic rings. The fourth-order valence-electron chi connectivity index (χ4n) is 4.07. The summed E-state index contributed by atoms with van der Waals surface area (Å²) >= 11 is 0. The van der Waals surface area contributed by atoms with Gasteiger partial charge in [0, 0.05) is 17.1 Å². The Kier molecular flexibility index (Phi) is 5.23. The average Bonchev–Trinajstić information content (AvgIpc) is 3.04. The number of fused-ring (bicyclic) bond motifs is 2. The van der Waals surface area contributed by atoms with Crippen LogP contribution < -0.4 is 5.43 Å². The number of rotatable bonds is 3. The summed E-state index contributed by atoms with van der Waals surface area (Å²) in [4.78, 5) is 22.3. The zero-order chi connectivity index (χ0) is 21.0. The highest BCUT2D eigenvalue weighted by Crippen LogP contribution is 2.24. The Morgan fingerprint density at radius 1 is 0.871 bits per heavy atom. The first-order valence-electron chi connectivity index (χ1n) is 10.6. The minimum atomic E-state index is -0.245. The zero-order valence-electron chi connectivity index (χ0n) is 17.1. The number of benzene rings is 2. The molecule has 152 valence electrons. The number of carbonyl (C=O) groups is 1. The van der Waals surface area contributed by atoms with Gasteiger partial charge in [0.05, 0.1) is 28.2 Å². The van der Waals surface area contributed by atoms with E-state index in [4.69, 9.17) is 4.98 Å². The van der Waals surface area contributed by atoms with Crippen LogP contribution in [0.1, 0.15) is 40.7 Å². The maximum absolute atomic E-state index is 13.2. The Morgan fingerprint density at radius 2 is 1.68 bits per heavy atom. The van der Waals surface area contributed by atoms with E-state index in [1.807, 2.05) is 48.5 Å². The van der Waals surface area contributed by atoms with Crippen molar-refractivity contribution in [2.75, 3.05) is 0 Å². The maximum Gasteiger partial charge on any atom is 0.272 e. The highest BCUT2D eigenvalue weighted by atomic mass is 16.2. The first-order valence-corrected chi connectivity index (χ1v) is 10.6. The molecule has 2 aromatic carbocycles. The number of carbonyl (C=O) groups excluding carboxylic acids is 1. The first kappa shape index (κ1) is 19.1. The highest BCUT2D eigenvalue weighted by molar-refractivity contribution is 6.08. The molecule has 0 saturated heterocycles. The normalized spacial score (nSPS) is 14.8. The number of aryl methyl sites for hydroxylation is 1. The summed E-state index contributed by atoms with van der Waals surface area (Å²) in [6, 6.07) is 23.4. The standard InChI is InChI=1S/C26H22N4O/c31-26(30-29-23-14-5-2-10-18-9-1-3-11-19(18)23)21-17-25(24-15-7-8-16-27-24)28-22-13-6-4-12-20(21)22/h1,3-4,6-9,11-13,15-17H,2,5,10,14H2,(H,30,31)/b29-23-. The maximum atomic E-state index is 13.2. The van der Waals surface area contributed by atoms with Crippen molar-refractivity contribution < 1.29 is 4.79 Å². The third-order valence-corrected chi connectivity index (χ3v) is 5.62. The van der Waals surface area contributed by atoms with Gasteiger partial charge in [0.1, 0.15) is 0 Å². The van der Waals surface area contributed by atoms with Crippen LogP contribution in [0.25, 0.3) is 22.3 Å². The van der Waals surface area contributed by atoms with E-state index in [9.17, 15) is 4.79 Å². The van der Waals surface area contributed by atoms with Gasteiger partial charge in [-0.15, -0.1) is 0 Å². The molecule has 1 amide bonds. The van der Waals surface area contributed by atoms with Crippen LogP contribution in [-0.4, -0.2) is 21.6 Å². The smallest absolute Gasteiger partial charge is 0.267 e. The second kappa shape index (κ2) is 8.48. The van der Waals surface area contributed by atoms with Gasteiger partial charge in [-0.2, -0.15) is 5.10 Å². The molecule has 0 fully saturated rings. The van der Waals surface area contributed by atoms with Crippen LogP contribution in [0.5, 0.6) is 0 Å². The molecule has 0 spiro atoms. The lowest BCUT2D eigenvalue weighted by Gasteiger charge is -2.10. The van der Waals surface area contributed by atoms with Crippen molar-refractivity contribution in [3.63, 3.8) is 0 Å². The summed E-state index contributed by atoms with van der Waals surface area (Å²) in [6.45, 7) is 0. The number of para-hydroxylation sites is 1. The summed E-state index contributed by atoms with van der Waals surface area (Å²) in [5.41, 5.74) is 8.85. The van der Waals surface area contributed by atoms with Crippen LogP contribution in [0.3, 0.4) is 0 Å². The average molecular weight is 406 g/mol. The summed E-state index contributed by atoms with van der Waals surface area (Å²) in [6.07, 6.45) is 5.82. The predicted molar refractivity (Wildman–Crippen MR) is 123 cm³/mol. The minimum Gasteiger partial charge on any atom is -0.267 e. The number of hydrogen-bond donors (Lipinski definition) is 1. The summed E-state index contributed by atoms with van der Waals surface area (Å²) in [5, 5.41) is 5.34. The van der Waals surface area contributed by atoms with E-state index in [-0.39, 0.29) is 5.91 Å². The quantitative estimate of drug-likeness (QED) is 0.378. The van der Waals surface area contributed by atoms with Crippen molar-refractivity contribution in [1.82, 2.24) is 15.4 Å². The Hall–Kier alpha value is -3.86. The van der Waals surface area contributed by atoms with Crippen molar-refractivity contribution in [2.24, 2.45) is 5.10 Å². The molecular weight excluding hydrogens is 384 g/mol. The van der Waals surface area contributed by atoms with Crippen LogP contribution in [0.15, 0.2) is 84.1 Å². The van der Waals surface area contributed by atoms with Crippen molar-refractivity contribution in [2.45, 2.75) is 25.7 Å². The van der Waals surface area contributed by atoms with Gasteiger partial charge in [-0.3, -0.25) is 9.78 Å². The molecule has 31 heavy (non-hydrogen) atoms. The minimum absolute atomic E-state index is 0.245. The van der Waals surface area contributed by atoms with Gasteiger partial charge < -0.3 is 0 Å². The monoisotopic (exact) mass is 406 g/mol. The van der Waals surface area contributed by atoms with Crippen LogP contribution in [0.4, 0.5) is 0 Å². The van der Waals surface area contributed by atoms with Crippen LogP contribution >= 0.6 is 0 Å².